The van der Waals surface area contributed by atoms with Gasteiger partial charge in [-0.25, -0.2) is 17.6 Å². The van der Waals surface area contributed by atoms with E-state index < -0.39 is 34.4 Å². The van der Waals surface area contributed by atoms with E-state index in [2.05, 4.69) is 21.5 Å². The molecule has 0 aliphatic carbocycles. The molecule has 0 radical (unpaired) electrons. The van der Waals surface area contributed by atoms with E-state index in [-0.39, 0.29) is 22.8 Å². The van der Waals surface area contributed by atoms with Gasteiger partial charge in [0.2, 0.25) is 10.0 Å². The molecule has 0 saturated carbocycles. The zero-order chi connectivity index (χ0) is 23.8. The van der Waals surface area contributed by atoms with Crippen molar-refractivity contribution in [2.75, 3.05) is 19.6 Å². The Kier molecular flexibility index (Phi) is 7.96. The van der Waals surface area contributed by atoms with Gasteiger partial charge in [0, 0.05) is 25.2 Å². The zero-order valence-electron chi connectivity index (χ0n) is 17.6. The van der Waals surface area contributed by atoms with Gasteiger partial charge in [0.1, 0.15) is 12.4 Å². The van der Waals surface area contributed by atoms with Crippen molar-refractivity contribution in [3.63, 3.8) is 0 Å². The van der Waals surface area contributed by atoms with Gasteiger partial charge in [-0.15, -0.1) is 0 Å². The predicted octanol–water partition coefficient (Wildman–Crippen LogP) is 0.871. The molecule has 0 unspecified atom stereocenters. The Morgan fingerprint density at radius 2 is 1.64 bits per heavy atom. The molecule has 2 aromatic rings. The topological polar surface area (TPSA) is 137 Å². The van der Waals surface area contributed by atoms with Gasteiger partial charge < -0.3 is 10.6 Å². The normalized spacial score (nSPS) is 13.8. The van der Waals surface area contributed by atoms with Crippen LogP contribution in [0.25, 0.3) is 0 Å². The van der Waals surface area contributed by atoms with Gasteiger partial charge in [-0.2, -0.15) is 4.31 Å². The van der Waals surface area contributed by atoms with Crippen LogP contribution in [0.3, 0.4) is 0 Å². The Labute approximate surface area is 190 Å². The van der Waals surface area contributed by atoms with Gasteiger partial charge in [0.15, 0.2) is 0 Å². The molecular formula is C21H24FN5O5S. The van der Waals surface area contributed by atoms with E-state index in [1.807, 2.05) is 0 Å². The molecule has 1 heterocycles. The maximum atomic E-state index is 12.9. The summed E-state index contributed by atoms with van der Waals surface area (Å²) in [5.41, 5.74) is 5.06. The lowest BCUT2D eigenvalue weighted by molar-refractivity contribution is -0.120. The summed E-state index contributed by atoms with van der Waals surface area (Å²) in [5.74, 6) is -1.79. The molecule has 1 aliphatic rings. The lowest BCUT2D eigenvalue weighted by Crippen LogP contribution is -2.47. The fourth-order valence-corrected chi connectivity index (χ4v) is 4.69. The molecule has 12 heteroatoms. The van der Waals surface area contributed by atoms with Crippen LogP contribution in [-0.4, -0.2) is 50.2 Å². The number of benzene rings is 2. The monoisotopic (exact) mass is 477 g/mol. The Hall–Kier alpha value is -3.51. The number of nitrogens with zero attached hydrogens (tertiary/aromatic N) is 1. The Balaban J connectivity index is 1.44. The van der Waals surface area contributed by atoms with E-state index in [0.29, 0.717) is 18.7 Å². The average Bonchev–Trinajstić information content (AvgIpc) is 3.37. The molecule has 0 bridgehead atoms. The second-order valence-corrected chi connectivity index (χ2v) is 9.24. The van der Waals surface area contributed by atoms with Gasteiger partial charge >= 0.3 is 6.03 Å². The van der Waals surface area contributed by atoms with Crippen LogP contribution in [0.1, 0.15) is 28.8 Å². The van der Waals surface area contributed by atoms with E-state index in [1.165, 1.54) is 52.8 Å². The van der Waals surface area contributed by atoms with Gasteiger partial charge in [-0.3, -0.25) is 20.4 Å². The minimum atomic E-state index is -3.68. The van der Waals surface area contributed by atoms with Crippen LogP contribution in [0.2, 0.25) is 0 Å². The smallest absolute Gasteiger partial charge is 0.315 e. The number of amides is 4. The van der Waals surface area contributed by atoms with E-state index in [9.17, 15) is 27.2 Å². The van der Waals surface area contributed by atoms with Gasteiger partial charge in [0.25, 0.3) is 11.8 Å². The lowest BCUT2D eigenvalue weighted by Gasteiger charge is -2.16. The molecule has 176 valence electrons. The standard InChI is InChI=1S/C21H24FN5O5S/c22-17-8-6-15(7-9-17)13-23-21(30)24-14-19(28)25-26-20(29)16-4-3-5-18(12-16)33(31,32)27-10-1-2-11-27/h3-9,12H,1-2,10-11,13-14H2,(H,25,28)(H,26,29)(H2,23,24,30). The van der Waals surface area contributed by atoms with Crippen LogP contribution in [0.4, 0.5) is 9.18 Å². The lowest BCUT2D eigenvalue weighted by atomic mass is 10.2. The molecule has 1 aliphatic heterocycles. The number of sulfonamides is 1. The van der Waals surface area contributed by atoms with Crippen molar-refractivity contribution in [1.29, 1.82) is 0 Å². The Morgan fingerprint density at radius 1 is 0.939 bits per heavy atom. The number of hydrazine groups is 1. The second-order valence-electron chi connectivity index (χ2n) is 7.30. The third-order valence-corrected chi connectivity index (χ3v) is 6.78. The van der Waals surface area contributed by atoms with Crippen LogP contribution in [0.15, 0.2) is 53.4 Å². The third-order valence-electron chi connectivity index (χ3n) is 4.89. The van der Waals surface area contributed by atoms with Crippen LogP contribution in [0.5, 0.6) is 0 Å². The van der Waals surface area contributed by atoms with Gasteiger partial charge in [-0.1, -0.05) is 18.2 Å². The summed E-state index contributed by atoms with van der Waals surface area (Å²) in [7, 11) is -3.68. The number of halogens is 1. The number of nitrogens with one attached hydrogen (secondary N) is 4. The highest BCUT2D eigenvalue weighted by molar-refractivity contribution is 7.89. The molecule has 33 heavy (non-hydrogen) atoms. The molecule has 4 N–H and O–H groups in total. The molecule has 10 nitrogen and oxygen atoms in total. The molecule has 0 aromatic heterocycles. The zero-order valence-corrected chi connectivity index (χ0v) is 18.5. The fourth-order valence-electron chi connectivity index (χ4n) is 3.13. The molecule has 2 aromatic carbocycles. The van der Waals surface area contributed by atoms with Crippen molar-refractivity contribution >= 4 is 27.9 Å². The number of hydrogen-bond acceptors (Lipinski definition) is 5. The van der Waals surface area contributed by atoms with E-state index in [0.717, 1.165) is 12.8 Å². The van der Waals surface area contributed by atoms with Crippen molar-refractivity contribution < 1.29 is 27.2 Å². The largest absolute Gasteiger partial charge is 0.334 e. The predicted molar refractivity (Wildman–Crippen MR) is 117 cm³/mol. The summed E-state index contributed by atoms with van der Waals surface area (Å²) >= 11 is 0. The van der Waals surface area contributed by atoms with Crippen LogP contribution in [-0.2, 0) is 21.4 Å². The first kappa shape index (κ1) is 24.1. The molecule has 0 spiro atoms. The fraction of sp³-hybridized carbons (Fsp3) is 0.286. The first-order chi connectivity index (χ1) is 15.8. The third kappa shape index (κ3) is 6.73. The summed E-state index contributed by atoms with van der Waals surface area (Å²) in [6, 6.07) is 10.5. The van der Waals surface area contributed by atoms with Gasteiger partial charge in [0.05, 0.1) is 4.90 Å². The van der Waals surface area contributed by atoms with Crippen molar-refractivity contribution in [3.8, 4) is 0 Å². The van der Waals surface area contributed by atoms with Crippen molar-refractivity contribution in [2.24, 2.45) is 0 Å². The molecular weight excluding hydrogens is 453 g/mol. The van der Waals surface area contributed by atoms with Crippen molar-refractivity contribution in [3.05, 3.63) is 65.5 Å². The number of carbonyl (C=O) groups excluding carboxylic acids is 3. The molecule has 1 saturated heterocycles. The second kappa shape index (κ2) is 10.9. The van der Waals surface area contributed by atoms with E-state index in [4.69, 9.17) is 0 Å². The minimum absolute atomic E-state index is 0.00266. The number of rotatable bonds is 7. The van der Waals surface area contributed by atoms with E-state index in [1.54, 1.807) is 0 Å². The highest BCUT2D eigenvalue weighted by atomic mass is 32.2. The highest BCUT2D eigenvalue weighted by Gasteiger charge is 2.27. The van der Waals surface area contributed by atoms with Crippen molar-refractivity contribution in [2.45, 2.75) is 24.3 Å². The van der Waals surface area contributed by atoms with Crippen LogP contribution >= 0.6 is 0 Å². The van der Waals surface area contributed by atoms with Crippen LogP contribution in [0, 0.1) is 5.82 Å². The highest BCUT2D eigenvalue weighted by Crippen LogP contribution is 2.21. The summed E-state index contributed by atoms with van der Waals surface area (Å²) in [4.78, 5) is 36.0. The molecule has 4 amide bonds. The quantitative estimate of drug-likeness (QED) is 0.439. The number of urea groups is 1. The van der Waals surface area contributed by atoms with E-state index >= 15 is 0 Å². The Bertz CT molecular complexity index is 1120. The first-order valence-corrected chi connectivity index (χ1v) is 11.7. The molecule has 1 fully saturated rings. The maximum absolute atomic E-state index is 12.9. The number of hydrogen-bond donors (Lipinski definition) is 4. The summed E-state index contributed by atoms with van der Waals surface area (Å²) in [6.07, 6.45) is 1.59. The van der Waals surface area contributed by atoms with Crippen molar-refractivity contribution in [1.82, 2.24) is 25.8 Å². The average molecular weight is 478 g/mol. The minimum Gasteiger partial charge on any atom is -0.334 e. The molecule has 0 atom stereocenters. The SMILES string of the molecule is O=C(CNC(=O)NCc1ccc(F)cc1)NNC(=O)c1cccc(S(=O)(=O)N2CCCC2)c1. The number of carbonyl (C=O) groups is 3. The summed E-state index contributed by atoms with van der Waals surface area (Å²) in [5, 5.41) is 4.82. The summed E-state index contributed by atoms with van der Waals surface area (Å²) in [6.45, 7) is 0.610. The first-order valence-electron chi connectivity index (χ1n) is 10.2. The molecule has 3 rings (SSSR count). The Morgan fingerprint density at radius 3 is 2.33 bits per heavy atom. The summed E-state index contributed by atoms with van der Waals surface area (Å²) < 4.78 is 39.5. The maximum Gasteiger partial charge on any atom is 0.315 e. The van der Waals surface area contributed by atoms with Crippen LogP contribution < -0.4 is 21.5 Å². The van der Waals surface area contributed by atoms with Gasteiger partial charge in [-0.05, 0) is 48.7 Å².